The fraction of sp³-hybridized carbons (Fsp3) is 0.500. The Morgan fingerprint density at radius 3 is 2.75 bits per heavy atom. The predicted molar refractivity (Wildman–Crippen MR) is 78.3 cm³/mol. The van der Waals surface area contributed by atoms with E-state index >= 15 is 0 Å². The quantitative estimate of drug-likeness (QED) is 0.488. The molecule has 0 saturated carbocycles. The number of nitrogen functional groups attached to an aromatic ring is 1. The molecule has 8 heteroatoms. The normalized spacial score (nSPS) is 11.8. The molecule has 20 heavy (non-hydrogen) atoms. The lowest BCUT2D eigenvalue weighted by Crippen LogP contribution is -2.26. The van der Waals surface area contributed by atoms with E-state index < -0.39 is 10.0 Å². The van der Waals surface area contributed by atoms with Crippen molar-refractivity contribution in [2.45, 2.75) is 18.2 Å². The number of rotatable bonds is 8. The molecule has 0 saturated heterocycles. The Balaban J connectivity index is 2.65. The Kier molecular flexibility index (Phi) is 6.70. The van der Waals surface area contributed by atoms with E-state index in [1.807, 2.05) is 0 Å². The molecular weight excluding hydrogens is 304 g/mol. The first kappa shape index (κ1) is 17.2. The maximum absolute atomic E-state index is 12.1. The summed E-state index contributed by atoms with van der Waals surface area (Å²) >= 11 is 5.83. The monoisotopic (exact) mass is 322 g/mol. The molecule has 0 aliphatic carbocycles. The Morgan fingerprint density at radius 1 is 1.40 bits per heavy atom. The van der Waals surface area contributed by atoms with E-state index in [0.717, 1.165) is 0 Å². The zero-order valence-electron chi connectivity index (χ0n) is 11.2. The van der Waals surface area contributed by atoms with Crippen LogP contribution in [0.3, 0.4) is 0 Å². The number of benzene rings is 1. The van der Waals surface area contributed by atoms with Gasteiger partial charge in [-0.25, -0.2) is 13.1 Å². The highest BCUT2D eigenvalue weighted by Crippen LogP contribution is 2.25. The molecule has 0 unspecified atom stereocenters. The fourth-order valence-electron chi connectivity index (χ4n) is 1.58. The molecule has 114 valence electrons. The van der Waals surface area contributed by atoms with Gasteiger partial charge in [0, 0.05) is 23.9 Å². The second-order valence-corrected chi connectivity index (χ2v) is 6.38. The summed E-state index contributed by atoms with van der Waals surface area (Å²) in [6.07, 6.45) is 0.508. The van der Waals surface area contributed by atoms with Gasteiger partial charge in [-0.2, -0.15) is 0 Å². The molecule has 0 aliphatic rings. The summed E-state index contributed by atoms with van der Waals surface area (Å²) in [6, 6.07) is 2.89. The number of aliphatic hydroxyl groups is 1. The first-order valence-corrected chi connectivity index (χ1v) is 7.98. The topological polar surface area (TPSA) is 102 Å². The first-order valence-electron chi connectivity index (χ1n) is 6.12. The van der Waals surface area contributed by atoms with Crippen molar-refractivity contribution in [3.05, 3.63) is 22.7 Å². The molecule has 0 fully saturated rings. The van der Waals surface area contributed by atoms with Gasteiger partial charge in [0.1, 0.15) is 0 Å². The van der Waals surface area contributed by atoms with Crippen molar-refractivity contribution >= 4 is 27.3 Å². The standard InChI is InChI=1S/C12H19ClN2O4S/c1-9-11(14)7-10(13)8-12(9)20(17,18)15-3-2-5-19-6-4-16/h7-8,15-16H,2-6,14H2,1H3. The summed E-state index contributed by atoms with van der Waals surface area (Å²) in [4.78, 5) is 0.0822. The van der Waals surface area contributed by atoms with Crippen molar-refractivity contribution in [1.29, 1.82) is 0 Å². The summed E-state index contributed by atoms with van der Waals surface area (Å²) < 4.78 is 31.8. The molecule has 0 bridgehead atoms. The molecular formula is C12H19ClN2O4S. The number of halogens is 1. The highest BCUT2D eigenvalue weighted by Gasteiger charge is 2.18. The molecule has 0 atom stereocenters. The molecule has 4 N–H and O–H groups in total. The second kappa shape index (κ2) is 7.80. The van der Waals surface area contributed by atoms with E-state index in [1.54, 1.807) is 6.92 Å². The van der Waals surface area contributed by atoms with Gasteiger partial charge in [-0.3, -0.25) is 0 Å². The SMILES string of the molecule is Cc1c(N)cc(Cl)cc1S(=O)(=O)NCCCOCCO. The molecule has 0 amide bonds. The van der Waals surface area contributed by atoms with Crippen molar-refractivity contribution in [2.24, 2.45) is 0 Å². The lowest BCUT2D eigenvalue weighted by atomic mass is 10.2. The molecule has 0 radical (unpaired) electrons. The molecule has 1 aromatic rings. The average Bonchev–Trinajstić information content (AvgIpc) is 2.37. The van der Waals surface area contributed by atoms with Crippen molar-refractivity contribution < 1.29 is 18.3 Å². The number of nitrogens with one attached hydrogen (secondary N) is 1. The van der Waals surface area contributed by atoms with Crippen molar-refractivity contribution in [1.82, 2.24) is 4.72 Å². The minimum Gasteiger partial charge on any atom is -0.398 e. The second-order valence-electron chi connectivity index (χ2n) is 4.21. The van der Waals surface area contributed by atoms with Gasteiger partial charge in [0.25, 0.3) is 0 Å². The number of ether oxygens (including phenoxy) is 1. The van der Waals surface area contributed by atoms with Gasteiger partial charge >= 0.3 is 0 Å². The van der Waals surface area contributed by atoms with Crippen LogP contribution in [-0.2, 0) is 14.8 Å². The smallest absolute Gasteiger partial charge is 0.240 e. The lowest BCUT2D eigenvalue weighted by Gasteiger charge is -2.11. The third-order valence-electron chi connectivity index (χ3n) is 2.65. The van der Waals surface area contributed by atoms with E-state index in [0.29, 0.717) is 24.3 Å². The zero-order valence-corrected chi connectivity index (χ0v) is 12.8. The Morgan fingerprint density at radius 2 is 2.10 bits per heavy atom. The maximum atomic E-state index is 12.1. The fourth-order valence-corrected chi connectivity index (χ4v) is 3.24. The number of hydrogen-bond donors (Lipinski definition) is 3. The molecule has 6 nitrogen and oxygen atoms in total. The van der Waals surface area contributed by atoms with Crippen molar-refractivity contribution in [2.75, 3.05) is 32.1 Å². The van der Waals surface area contributed by atoms with Crippen LogP contribution >= 0.6 is 11.6 Å². The summed E-state index contributed by atoms with van der Waals surface area (Å²) in [5.41, 5.74) is 6.52. The third kappa shape index (κ3) is 4.92. The van der Waals surface area contributed by atoms with Crippen LogP contribution in [0.4, 0.5) is 5.69 Å². The van der Waals surface area contributed by atoms with Gasteiger partial charge in [0.2, 0.25) is 10.0 Å². The van der Waals surface area contributed by atoms with Crippen LogP contribution in [0.1, 0.15) is 12.0 Å². The summed E-state index contributed by atoms with van der Waals surface area (Å²) in [5, 5.41) is 8.80. The van der Waals surface area contributed by atoms with Gasteiger partial charge in [-0.15, -0.1) is 0 Å². The van der Waals surface area contributed by atoms with E-state index in [9.17, 15) is 8.42 Å². The van der Waals surface area contributed by atoms with Crippen LogP contribution < -0.4 is 10.5 Å². The van der Waals surface area contributed by atoms with Crippen molar-refractivity contribution in [3.63, 3.8) is 0 Å². The maximum Gasteiger partial charge on any atom is 0.240 e. The van der Waals surface area contributed by atoms with Crippen LogP contribution in [0.2, 0.25) is 5.02 Å². The molecule has 1 aromatic carbocycles. The van der Waals surface area contributed by atoms with E-state index in [2.05, 4.69) is 4.72 Å². The Labute approximate surface area is 123 Å². The summed E-state index contributed by atoms with van der Waals surface area (Å²) in [7, 11) is -3.65. The largest absolute Gasteiger partial charge is 0.398 e. The number of nitrogens with two attached hydrogens (primary N) is 1. The minimum atomic E-state index is -3.65. The number of hydrogen-bond acceptors (Lipinski definition) is 5. The van der Waals surface area contributed by atoms with E-state index in [1.165, 1.54) is 12.1 Å². The van der Waals surface area contributed by atoms with Gasteiger partial charge in [0.05, 0.1) is 18.1 Å². The number of sulfonamides is 1. The third-order valence-corrected chi connectivity index (χ3v) is 4.45. The zero-order chi connectivity index (χ0) is 15.2. The van der Waals surface area contributed by atoms with Gasteiger partial charge in [-0.05, 0) is 31.0 Å². The number of anilines is 1. The molecule has 1 rings (SSSR count). The van der Waals surface area contributed by atoms with Gasteiger partial charge in [-0.1, -0.05) is 11.6 Å². The predicted octanol–water partition coefficient (Wildman–Crippen LogP) is 0.908. The molecule has 0 spiro atoms. The van der Waals surface area contributed by atoms with E-state index in [-0.39, 0.29) is 29.7 Å². The average molecular weight is 323 g/mol. The Hall–Kier alpha value is -0.860. The van der Waals surface area contributed by atoms with Crippen LogP contribution in [0, 0.1) is 6.92 Å². The Bertz CT molecular complexity index is 549. The van der Waals surface area contributed by atoms with Crippen LogP contribution in [-0.4, -0.2) is 39.9 Å². The van der Waals surface area contributed by atoms with Crippen molar-refractivity contribution in [3.8, 4) is 0 Å². The van der Waals surface area contributed by atoms with Crippen LogP contribution in [0.25, 0.3) is 0 Å². The highest BCUT2D eigenvalue weighted by molar-refractivity contribution is 7.89. The first-order chi connectivity index (χ1) is 9.38. The number of aliphatic hydroxyl groups excluding tert-OH is 1. The molecule has 0 heterocycles. The molecule has 0 aromatic heterocycles. The summed E-state index contributed by atoms with van der Waals surface area (Å²) in [6.45, 7) is 2.44. The van der Waals surface area contributed by atoms with Gasteiger partial charge in [0.15, 0.2) is 0 Å². The minimum absolute atomic E-state index is 0.0489. The van der Waals surface area contributed by atoms with Gasteiger partial charge < -0.3 is 15.6 Å². The van der Waals surface area contributed by atoms with E-state index in [4.69, 9.17) is 27.2 Å². The van der Waals surface area contributed by atoms with Crippen LogP contribution in [0.15, 0.2) is 17.0 Å². The van der Waals surface area contributed by atoms with Crippen LogP contribution in [0.5, 0.6) is 0 Å². The highest BCUT2D eigenvalue weighted by atomic mass is 35.5. The molecule has 0 aliphatic heterocycles. The lowest BCUT2D eigenvalue weighted by molar-refractivity contribution is 0.0913. The summed E-state index contributed by atoms with van der Waals surface area (Å²) in [5.74, 6) is 0.